The number of carbonyl (C=O) groups is 1. The number of hydrogen-bond donors (Lipinski definition) is 1. The van der Waals surface area contributed by atoms with E-state index >= 15 is 0 Å². The van der Waals surface area contributed by atoms with Crippen LogP contribution in [0.15, 0.2) is 60.9 Å². The van der Waals surface area contributed by atoms with E-state index in [0.717, 1.165) is 11.3 Å². The van der Waals surface area contributed by atoms with Gasteiger partial charge in [0.15, 0.2) is 0 Å². The van der Waals surface area contributed by atoms with E-state index in [9.17, 15) is 4.79 Å². The Labute approximate surface area is 164 Å². The number of hydrogen-bond acceptors (Lipinski definition) is 6. The SMILES string of the molecule is COC(=O)c1ccc(Nc2cccnc2Oc2ccccc2C(C)(C)C)nc1. The number of carbonyl (C=O) groups excluding carboxylic acids is 1. The number of nitrogens with one attached hydrogen (secondary N) is 1. The summed E-state index contributed by atoms with van der Waals surface area (Å²) >= 11 is 0. The molecule has 0 radical (unpaired) electrons. The molecule has 2 heterocycles. The molecule has 144 valence electrons. The van der Waals surface area contributed by atoms with Crippen LogP contribution in [0.1, 0.15) is 36.7 Å². The van der Waals surface area contributed by atoms with Crippen molar-refractivity contribution in [2.75, 3.05) is 12.4 Å². The molecular weight excluding hydrogens is 354 g/mol. The molecule has 28 heavy (non-hydrogen) atoms. The minimum absolute atomic E-state index is 0.0652. The van der Waals surface area contributed by atoms with Crippen LogP contribution in [0.2, 0.25) is 0 Å². The van der Waals surface area contributed by atoms with Crippen LogP contribution in [0.5, 0.6) is 11.6 Å². The lowest BCUT2D eigenvalue weighted by molar-refractivity contribution is 0.0600. The number of nitrogens with zero attached hydrogens (tertiary/aromatic N) is 2. The summed E-state index contributed by atoms with van der Waals surface area (Å²) < 4.78 is 10.8. The minimum Gasteiger partial charge on any atom is -0.465 e. The van der Waals surface area contributed by atoms with Gasteiger partial charge in [-0.25, -0.2) is 14.8 Å². The first-order valence-corrected chi connectivity index (χ1v) is 8.92. The monoisotopic (exact) mass is 377 g/mol. The third kappa shape index (κ3) is 4.46. The van der Waals surface area contributed by atoms with Crippen LogP contribution in [0.3, 0.4) is 0 Å². The fraction of sp³-hybridized carbons (Fsp3) is 0.227. The van der Waals surface area contributed by atoms with Crippen LogP contribution in [-0.4, -0.2) is 23.0 Å². The first kappa shape index (κ1) is 19.4. The van der Waals surface area contributed by atoms with E-state index in [1.165, 1.54) is 13.3 Å². The third-order valence-corrected chi connectivity index (χ3v) is 4.12. The van der Waals surface area contributed by atoms with E-state index < -0.39 is 5.97 Å². The number of para-hydroxylation sites is 1. The predicted octanol–water partition coefficient (Wildman–Crippen LogP) is 5.10. The molecule has 0 amide bonds. The standard InChI is InChI=1S/C22H23N3O3/c1-22(2,3)16-8-5-6-10-18(16)28-20-17(9-7-13-23-20)25-19-12-11-15(14-24-19)21(26)27-4/h5-14H,1-4H3,(H,24,25). The highest BCUT2D eigenvalue weighted by atomic mass is 16.5. The van der Waals surface area contributed by atoms with E-state index in [4.69, 9.17) is 4.74 Å². The molecule has 0 bridgehead atoms. The second kappa shape index (κ2) is 8.08. The highest BCUT2D eigenvalue weighted by Gasteiger charge is 2.20. The van der Waals surface area contributed by atoms with Crippen LogP contribution in [0.4, 0.5) is 11.5 Å². The summed E-state index contributed by atoms with van der Waals surface area (Å²) in [6, 6.07) is 14.9. The fourth-order valence-corrected chi connectivity index (χ4v) is 2.69. The van der Waals surface area contributed by atoms with Crippen LogP contribution < -0.4 is 10.1 Å². The number of rotatable bonds is 5. The smallest absolute Gasteiger partial charge is 0.339 e. The molecule has 6 nitrogen and oxygen atoms in total. The quantitative estimate of drug-likeness (QED) is 0.624. The van der Waals surface area contributed by atoms with Gasteiger partial charge in [0, 0.05) is 18.0 Å². The van der Waals surface area contributed by atoms with Crippen molar-refractivity contribution in [2.45, 2.75) is 26.2 Å². The van der Waals surface area contributed by atoms with E-state index in [2.05, 4.69) is 46.9 Å². The van der Waals surface area contributed by atoms with Gasteiger partial charge in [0.25, 0.3) is 0 Å². The topological polar surface area (TPSA) is 73.3 Å². The average Bonchev–Trinajstić information content (AvgIpc) is 2.69. The third-order valence-electron chi connectivity index (χ3n) is 4.12. The Bertz CT molecular complexity index is 963. The van der Waals surface area contributed by atoms with Gasteiger partial charge in [-0.15, -0.1) is 0 Å². The second-order valence-electron chi connectivity index (χ2n) is 7.25. The molecule has 3 rings (SSSR count). The Morgan fingerprint density at radius 3 is 2.46 bits per heavy atom. The number of ether oxygens (including phenoxy) is 2. The van der Waals surface area contributed by atoms with Crippen LogP contribution in [0.25, 0.3) is 0 Å². The molecule has 1 N–H and O–H groups in total. The molecule has 2 aromatic heterocycles. The lowest BCUT2D eigenvalue weighted by Crippen LogP contribution is -2.12. The van der Waals surface area contributed by atoms with Gasteiger partial charge in [0.05, 0.1) is 12.7 Å². The van der Waals surface area contributed by atoms with Crippen molar-refractivity contribution in [3.05, 3.63) is 72.1 Å². The maximum absolute atomic E-state index is 11.5. The Hall–Kier alpha value is -3.41. The Morgan fingerprint density at radius 2 is 1.79 bits per heavy atom. The molecule has 1 aromatic carbocycles. The van der Waals surface area contributed by atoms with Crippen molar-refractivity contribution >= 4 is 17.5 Å². The normalized spacial score (nSPS) is 11.0. The van der Waals surface area contributed by atoms with Gasteiger partial charge in [0.1, 0.15) is 17.3 Å². The molecular formula is C22H23N3O3. The van der Waals surface area contributed by atoms with Crippen molar-refractivity contribution < 1.29 is 14.3 Å². The summed E-state index contributed by atoms with van der Waals surface area (Å²) in [5, 5.41) is 3.18. The van der Waals surface area contributed by atoms with Crippen molar-refractivity contribution in [1.82, 2.24) is 9.97 Å². The molecule has 0 aliphatic rings. The largest absolute Gasteiger partial charge is 0.465 e. The van der Waals surface area contributed by atoms with Crippen LogP contribution >= 0.6 is 0 Å². The second-order valence-corrected chi connectivity index (χ2v) is 7.25. The predicted molar refractivity (Wildman–Crippen MR) is 108 cm³/mol. The van der Waals surface area contributed by atoms with E-state index in [0.29, 0.717) is 22.9 Å². The highest BCUT2D eigenvalue weighted by molar-refractivity contribution is 5.89. The molecule has 0 aliphatic carbocycles. The lowest BCUT2D eigenvalue weighted by Gasteiger charge is -2.22. The fourth-order valence-electron chi connectivity index (χ4n) is 2.69. The molecule has 6 heteroatoms. The molecule has 0 fully saturated rings. The molecule has 3 aromatic rings. The number of esters is 1. The maximum Gasteiger partial charge on any atom is 0.339 e. The summed E-state index contributed by atoms with van der Waals surface area (Å²) in [5.74, 6) is 1.33. The number of pyridine rings is 2. The lowest BCUT2D eigenvalue weighted by atomic mass is 9.86. The zero-order chi connectivity index (χ0) is 20.1. The summed E-state index contributed by atoms with van der Waals surface area (Å²) in [7, 11) is 1.34. The molecule has 0 aliphatic heterocycles. The van der Waals surface area contributed by atoms with Gasteiger partial charge in [-0.1, -0.05) is 39.0 Å². The summed E-state index contributed by atoms with van der Waals surface area (Å²) in [6.45, 7) is 6.42. The van der Waals surface area contributed by atoms with Gasteiger partial charge in [-0.3, -0.25) is 0 Å². The number of methoxy groups -OCH3 is 1. The van der Waals surface area contributed by atoms with Crippen molar-refractivity contribution in [3.8, 4) is 11.6 Å². The van der Waals surface area contributed by atoms with E-state index in [1.54, 1.807) is 18.3 Å². The Morgan fingerprint density at radius 1 is 1.00 bits per heavy atom. The Balaban J connectivity index is 1.86. The average molecular weight is 377 g/mol. The first-order valence-electron chi connectivity index (χ1n) is 8.92. The Kier molecular flexibility index (Phi) is 5.59. The van der Waals surface area contributed by atoms with Gasteiger partial charge in [0.2, 0.25) is 5.88 Å². The molecule has 0 atom stereocenters. The van der Waals surface area contributed by atoms with Gasteiger partial charge in [-0.2, -0.15) is 0 Å². The summed E-state index contributed by atoms with van der Waals surface area (Å²) in [6.07, 6.45) is 3.13. The van der Waals surface area contributed by atoms with Crippen molar-refractivity contribution in [3.63, 3.8) is 0 Å². The van der Waals surface area contributed by atoms with Crippen molar-refractivity contribution in [2.24, 2.45) is 0 Å². The molecule has 0 saturated heterocycles. The zero-order valence-electron chi connectivity index (χ0n) is 16.4. The number of aromatic nitrogens is 2. The van der Waals surface area contributed by atoms with Crippen LogP contribution in [-0.2, 0) is 10.2 Å². The molecule has 0 spiro atoms. The summed E-state index contributed by atoms with van der Waals surface area (Å²) in [4.78, 5) is 20.2. The minimum atomic E-state index is -0.428. The number of anilines is 2. The highest BCUT2D eigenvalue weighted by Crippen LogP contribution is 2.36. The number of benzene rings is 1. The van der Waals surface area contributed by atoms with Gasteiger partial charge >= 0.3 is 5.97 Å². The van der Waals surface area contributed by atoms with E-state index in [-0.39, 0.29) is 5.41 Å². The summed E-state index contributed by atoms with van der Waals surface area (Å²) in [5.41, 5.74) is 2.08. The zero-order valence-corrected chi connectivity index (χ0v) is 16.4. The van der Waals surface area contributed by atoms with E-state index in [1.807, 2.05) is 30.3 Å². The maximum atomic E-state index is 11.5. The van der Waals surface area contributed by atoms with Gasteiger partial charge in [-0.05, 0) is 35.7 Å². The van der Waals surface area contributed by atoms with Gasteiger partial charge < -0.3 is 14.8 Å². The van der Waals surface area contributed by atoms with Crippen molar-refractivity contribution in [1.29, 1.82) is 0 Å². The van der Waals surface area contributed by atoms with Crippen LogP contribution in [0, 0.1) is 0 Å². The first-order chi connectivity index (χ1) is 13.4. The molecule has 0 saturated carbocycles. The molecule has 0 unspecified atom stereocenters.